The Morgan fingerprint density at radius 2 is 2.10 bits per heavy atom. The van der Waals surface area contributed by atoms with Gasteiger partial charge in [0.05, 0.1) is 19.3 Å². The van der Waals surface area contributed by atoms with Crippen LogP contribution in [0.2, 0.25) is 5.15 Å². The average Bonchev–Trinajstić information content (AvgIpc) is 3.59. The molecule has 4 heterocycles. The van der Waals surface area contributed by atoms with Gasteiger partial charge in [-0.15, -0.1) is 11.3 Å². The Balaban J connectivity index is 1.48. The van der Waals surface area contributed by atoms with Crippen molar-refractivity contribution in [1.82, 2.24) is 24.2 Å². The number of methoxy groups -OCH3 is 1. The van der Waals surface area contributed by atoms with E-state index in [0.29, 0.717) is 34.7 Å². The number of imidazole rings is 1. The van der Waals surface area contributed by atoms with Crippen molar-refractivity contribution in [2.75, 3.05) is 32.1 Å². The molecule has 1 saturated heterocycles. The number of carbonyl (C=O) groups is 2. The zero-order chi connectivity index (χ0) is 29.3. The summed E-state index contributed by atoms with van der Waals surface area (Å²) in [5.41, 5.74) is 0.526. The molecule has 0 aliphatic carbocycles. The van der Waals surface area contributed by atoms with E-state index in [0.717, 1.165) is 22.8 Å². The number of fused-ring (bicyclic) bond motifs is 1. The minimum absolute atomic E-state index is 0.00912. The van der Waals surface area contributed by atoms with Gasteiger partial charge in [0.25, 0.3) is 10.0 Å². The number of anilines is 1. The molecule has 4 aromatic rings. The summed E-state index contributed by atoms with van der Waals surface area (Å²) >= 11 is 6.84. The van der Waals surface area contributed by atoms with Gasteiger partial charge in [-0.3, -0.25) is 9.59 Å². The quantitative estimate of drug-likeness (QED) is 0.223. The number of halogens is 2. The standard InChI is InChI=1S/C26H26ClFN6O5S2/c1-29-14-22-30-9-11-32(22)17-6-7-19(18(28)13-17)33-10-3-4-20(26(33)36)34(15-23(35)39-2)41(37,38)24-12-16-5-8-21(27)31-25(16)40-24/h5-9,11-13,20,29H,3-4,10,14-15H2,1-2H3. The maximum Gasteiger partial charge on any atom is 0.321 e. The van der Waals surface area contributed by atoms with Gasteiger partial charge >= 0.3 is 5.97 Å². The van der Waals surface area contributed by atoms with E-state index in [1.54, 1.807) is 36.1 Å². The molecule has 1 aliphatic heterocycles. The number of rotatable bonds is 9. The number of nitrogens with one attached hydrogen (secondary N) is 1. The summed E-state index contributed by atoms with van der Waals surface area (Å²) in [6.45, 7) is -0.0447. The van der Waals surface area contributed by atoms with Crippen molar-refractivity contribution in [2.24, 2.45) is 0 Å². The number of carbonyl (C=O) groups excluding carboxylic acids is 2. The number of nitrogens with zero attached hydrogens (tertiary/aromatic N) is 5. The van der Waals surface area contributed by atoms with E-state index in [2.05, 4.69) is 15.3 Å². The molecule has 3 aromatic heterocycles. The molecule has 1 atom stereocenters. The molecule has 216 valence electrons. The number of benzene rings is 1. The predicted molar refractivity (Wildman–Crippen MR) is 152 cm³/mol. The Morgan fingerprint density at radius 3 is 2.83 bits per heavy atom. The van der Waals surface area contributed by atoms with Crippen molar-refractivity contribution in [2.45, 2.75) is 29.6 Å². The van der Waals surface area contributed by atoms with Crippen LogP contribution in [-0.2, 0) is 30.9 Å². The molecule has 11 nitrogen and oxygen atoms in total. The summed E-state index contributed by atoms with van der Waals surface area (Å²) in [5, 5.41) is 3.75. The van der Waals surface area contributed by atoms with E-state index in [4.69, 9.17) is 16.3 Å². The van der Waals surface area contributed by atoms with E-state index in [1.165, 1.54) is 29.2 Å². The zero-order valence-electron chi connectivity index (χ0n) is 22.1. The number of hydrogen-bond acceptors (Lipinski definition) is 9. The van der Waals surface area contributed by atoms with Crippen molar-refractivity contribution in [3.63, 3.8) is 0 Å². The van der Waals surface area contributed by atoms with Crippen LogP contribution in [0.15, 0.2) is 53.0 Å². The molecule has 1 fully saturated rings. The molecule has 0 saturated carbocycles. The lowest BCUT2D eigenvalue weighted by atomic mass is 10.0. The Morgan fingerprint density at radius 1 is 1.29 bits per heavy atom. The van der Waals surface area contributed by atoms with Gasteiger partial charge in [0.1, 0.15) is 38.4 Å². The highest BCUT2D eigenvalue weighted by atomic mass is 35.5. The Bertz CT molecular complexity index is 1730. The number of ether oxygens (including phenoxy) is 1. The topological polar surface area (TPSA) is 127 Å². The first-order chi connectivity index (χ1) is 19.6. The summed E-state index contributed by atoms with van der Waals surface area (Å²) in [6.07, 6.45) is 3.83. The van der Waals surface area contributed by atoms with Gasteiger partial charge in [-0.05, 0) is 50.2 Å². The smallest absolute Gasteiger partial charge is 0.321 e. The van der Waals surface area contributed by atoms with Crippen LogP contribution >= 0.6 is 22.9 Å². The van der Waals surface area contributed by atoms with Gasteiger partial charge in [0.15, 0.2) is 0 Å². The van der Waals surface area contributed by atoms with Gasteiger partial charge < -0.3 is 19.5 Å². The summed E-state index contributed by atoms with van der Waals surface area (Å²) in [7, 11) is -1.46. The first-order valence-corrected chi connectivity index (χ1v) is 15.2. The molecule has 1 aliphatic rings. The number of piperidine rings is 1. The third kappa shape index (κ3) is 5.70. The van der Waals surface area contributed by atoms with Crippen LogP contribution in [0.5, 0.6) is 0 Å². The van der Waals surface area contributed by atoms with Crippen molar-refractivity contribution in [3.05, 3.63) is 65.6 Å². The second-order valence-electron chi connectivity index (χ2n) is 9.25. The van der Waals surface area contributed by atoms with E-state index in [1.807, 2.05) is 0 Å². The maximum absolute atomic E-state index is 15.5. The summed E-state index contributed by atoms with van der Waals surface area (Å²) in [6, 6.07) is 7.77. The second kappa shape index (κ2) is 11.8. The normalized spacial score (nSPS) is 16.1. The second-order valence-corrected chi connectivity index (χ2v) is 12.8. The van der Waals surface area contributed by atoms with Crippen molar-refractivity contribution < 1.29 is 27.1 Å². The molecule has 0 spiro atoms. The molecular weight excluding hydrogens is 595 g/mol. The number of pyridine rings is 1. The van der Waals surface area contributed by atoms with Gasteiger partial charge in [-0.25, -0.2) is 22.8 Å². The first kappa shape index (κ1) is 29.1. The van der Waals surface area contributed by atoms with Gasteiger partial charge in [0, 0.05) is 36.1 Å². The fourth-order valence-electron chi connectivity index (χ4n) is 4.75. The van der Waals surface area contributed by atoms with E-state index in [-0.39, 0.29) is 28.0 Å². The third-order valence-electron chi connectivity index (χ3n) is 6.71. The number of thiophene rings is 1. The summed E-state index contributed by atoms with van der Waals surface area (Å²) in [5.74, 6) is -1.46. The first-order valence-electron chi connectivity index (χ1n) is 12.6. The highest BCUT2D eigenvalue weighted by Crippen LogP contribution is 2.34. The van der Waals surface area contributed by atoms with Crippen molar-refractivity contribution >= 4 is 60.7 Å². The Hall–Kier alpha value is -3.43. The highest BCUT2D eigenvalue weighted by Gasteiger charge is 2.42. The summed E-state index contributed by atoms with van der Waals surface area (Å²) < 4.78 is 50.4. The Labute approximate surface area is 244 Å². The monoisotopic (exact) mass is 620 g/mol. The van der Waals surface area contributed by atoms with Crippen LogP contribution in [0.1, 0.15) is 18.7 Å². The lowest BCUT2D eigenvalue weighted by Crippen LogP contribution is -2.55. The molecule has 41 heavy (non-hydrogen) atoms. The predicted octanol–water partition coefficient (Wildman–Crippen LogP) is 3.35. The largest absolute Gasteiger partial charge is 0.468 e. The highest BCUT2D eigenvalue weighted by molar-refractivity contribution is 7.91. The van der Waals surface area contributed by atoms with Crippen LogP contribution in [0, 0.1) is 5.82 Å². The number of amides is 1. The van der Waals surface area contributed by atoms with Gasteiger partial charge in [0.2, 0.25) is 5.91 Å². The van der Waals surface area contributed by atoms with Crippen molar-refractivity contribution in [3.8, 4) is 5.69 Å². The number of esters is 1. The molecule has 0 radical (unpaired) electrons. The molecule has 1 amide bonds. The average molecular weight is 621 g/mol. The number of aromatic nitrogens is 3. The van der Waals surface area contributed by atoms with Crippen molar-refractivity contribution in [1.29, 1.82) is 0 Å². The lowest BCUT2D eigenvalue weighted by Gasteiger charge is -2.37. The molecule has 15 heteroatoms. The molecule has 1 N–H and O–H groups in total. The van der Waals surface area contributed by atoms with Crippen LogP contribution in [-0.4, -0.2) is 72.4 Å². The zero-order valence-corrected chi connectivity index (χ0v) is 24.5. The SMILES string of the molecule is CNCc1nccn1-c1ccc(N2CCCC(N(CC(=O)OC)S(=O)(=O)c3cc4ccc(Cl)nc4s3)C2=O)c(F)c1. The minimum atomic E-state index is -4.37. The summed E-state index contributed by atoms with van der Waals surface area (Å²) in [4.78, 5) is 36.2. The maximum atomic E-state index is 15.5. The molecule has 5 rings (SSSR count). The van der Waals surface area contributed by atoms with E-state index < -0.39 is 40.3 Å². The van der Waals surface area contributed by atoms with E-state index >= 15 is 4.39 Å². The molecule has 1 unspecified atom stereocenters. The molecule has 1 aromatic carbocycles. The van der Waals surface area contributed by atoms with Gasteiger partial charge in [-0.2, -0.15) is 4.31 Å². The van der Waals surface area contributed by atoms with E-state index in [9.17, 15) is 18.0 Å². The lowest BCUT2D eigenvalue weighted by molar-refractivity contribution is -0.141. The fourth-order valence-corrected chi connectivity index (χ4v) is 7.98. The fraction of sp³-hybridized carbons (Fsp3) is 0.308. The third-order valence-corrected chi connectivity index (χ3v) is 10.3. The Kier molecular flexibility index (Phi) is 8.38. The van der Waals surface area contributed by atoms with Crippen LogP contribution in [0.25, 0.3) is 15.9 Å². The van der Waals surface area contributed by atoms with Crippen LogP contribution in [0.3, 0.4) is 0 Å². The van der Waals surface area contributed by atoms with Crippen LogP contribution in [0.4, 0.5) is 10.1 Å². The van der Waals surface area contributed by atoms with Gasteiger partial charge in [-0.1, -0.05) is 11.6 Å². The minimum Gasteiger partial charge on any atom is -0.468 e. The molecular formula is C26H26ClFN6O5S2. The number of hydrogen-bond donors (Lipinski definition) is 1. The number of sulfonamides is 1. The van der Waals surface area contributed by atoms with Crippen LogP contribution < -0.4 is 10.2 Å². The molecule has 0 bridgehead atoms.